The van der Waals surface area contributed by atoms with E-state index in [0.717, 1.165) is 11.8 Å². The van der Waals surface area contributed by atoms with E-state index >= 15 is 0 Å². The molecule has 0 aliphatic carbocycles. The molecule has 0 aromatic rings. The minimum atomic E-state index is 0.631. The standard InChI is InChI=1S/C13H30N2/c1-11(2)9-15(10-12(3)4)8-7-13(5)14-6/h11-14H,7-10H2,1-6H3. The lowest BCUT2D eigenvalue weighted by atomic mass is 10.1. The number of hydrogen-bond donors (Lipinski definition) is 1. The maximum Gasteiger partial charge on any atom is 0.00479 e. The molecule has 15 heavy (non-hydrogen) atoms. The second kappa shape index (κ2) is 8.12. The first-order chi connectivity index (χ1) is 6.95. The van der Waals surface area contributed by atoms with Gasteiger partial charge in [-0.15, -0.1) is 0 Å². The third-order valence-corrected chi connectivity index (χ3v) is 2.62. The lowest BCUT2D eigenvalue weighted by Gasteiger charge is -2.27. The van der Waals surface area contributed by atoms with Crippen molar-refractivity contribution in [1.82, 2.24) is 10.2 Å². The molecule has 0 fully saturated rings. The zero-order valence-electron chi connectivity index (χ0n) is 11.5. The summed E-state index contributed by atoms with van der Waals surface area (Å²) in [6.07, 6.45) is 1.25. The van der Waals surface area contributed by atoms with Crippen molar-refractivity contribution in [3.63, 3.8) is 0 Å². The van der Waals surface area contributed by atoms with Gasteiger partial charge >= 0.3 is 0 Å². The van der Waals surface area contributed by atoms with E-state index in [1.54, 1.807) is 0 Å². The second-order valence-electron chi connectivity index (χ2n) is 5.53. The van der Waals surface area contributed by atoms with Gasteiger partial charge in [0.25, 0.3) is 0 Å². The molecule has 0 aliphatic rings. The minimum absolute atomic E-state index is 0.631. The van der Waals surface area contributed by atoms with Crippen LogP contribution in [0.2, 0.25) is 0 Å². The summed E-state index contributed by atoms with van der Waals surface area (Å²) in [7, 11) is 2.04. The molecule has 1 N–H and O–H groups in total. The van der Waals surface area contributed by atoms with Crippen molar-refractivity contribution in [2.45, 2.75) is 47.1 Å². The fourth-order valence-corrected chi connectivity index (χ4v) is 1.81. The third kappa shape index (κ3) is 8.88. The van der Waals surface area contributed by atoms with E-state index in [4.69, 9.17) is 0 Å². The Bertz CT molecular complexity index is 133. The zero-order valence-corrected chi connectivity index (χ0v) is 11.5. The Hall–Kier alpha value is -0.0800. The minimum Gasteiger partial charge on any atom is -0.317 e. The van der Waals surface area contributed by atoms with Gasteiger partial charge in [0.05, 0.1) is 0 Å². The number of nitrogens with zero attached hydrogens (tertiary/aromatic N) is 1. The average Bonchev–Trinajstić information content (AvgIpc) is 2.11. The number of hydrogen-bond acceptors (Lipinski definition) is 2. The highest BCUT2D eigenvalue weighted by molar-refractivity contribution is 4.66. The van der Waals surface area contributed by atoms with E-state index in [0.29, 0.717) is 6.04 Å². The van der Waals surface area contributed by atoms with Gasteiger partial charge < -0.3 is 10.2 Å². The van der Waals surface area contributed by atoms with E-state index < -0.39 is 0 Å². The molecule has 0 saturated heterocycles. The molecule has 2 heteroatoms. The first kappa shape index (κ1) is 14.9. The summed E-state index contributed by atoms with van der Waals surface area (Å²) in [5.41, 5.74) is 0. The Kier molecular flexibility index (Phi) is 8.07. The first-order valence-electron chi connectivity index (χ1n) is 6.35. The lowest BCUT2D eigenvalue weighted by Crippen LogP contribution is -2.35. The van der Waals surface area contributed by atoms with Crippen LogP contribution >= 0.6 is 0 Å². The van der Waals surface area contributed by atoms with Crippen molar-refractivity contribution >= 4 is 0 Å². The molecule has 2 nitrogen and oxygen atoms in total. The van der Waals surface area contributed by atoms with E-state index in [9.17, 15) is 0 Å². The Morgan fingerprint density at radius 1 is 0.933 bits per heavy atom. The van der Waals surface area contributed by atoms with Crippen molar-refractivity contribution < 1.29 is 0 Å². The van der Waals surface area contributed by atoms with E-state index in [1.165, 1.54) is 26.1 Å². The molecule has 1 unspecified atom stereocenters. The summed E-state index contributed by atoms with van der Waals surface area (Å²) >= 11 is 0. The SMILES string of the molecule is CNC(C)CCN(CC(C)C)CC(C)C. The van der Waals surface area contributed by atoms with Crippen LogP contribution in [0.15, 0.2) is 0 Å². The van der Waals surface area contributed by atoms with Crippen molar-refractivity contribution in [2.75, 3.05) is 26.7 Å². The van der Waals surface area contributed by atoms with Gasteiger partial charge in [0.1, 0.15) is 0 Å². The van der Waals surface area contributed by atoms with Crippen LogP contribution in [-0.2, 0) is 0 Å². The maximum atomic E-state index is 3.30. The van der Waals surface area contributed by atoms with Crippen LogP contribution in [0.3, 0.4) is 0 Å². The van der Waals surface area contributed by atoms with Crippen LogP contribution in [0, 0.1) is 11.8 Å². The summed E-state index contributed by atoms with van der Waals surface area (Å²) < 4.78 is 0. The molecule has 0 rings (SSSR count). The smallest absolute Gasteiger partial charge is 0.00479 e. The van der Waals surface area contributed by atoms with Gasteiger partial charge in [0.15, 0.2) is 0 Å². The second-order valence-corrected chi connectivity index (χ2v) is 5.53. The predicted octanol–water partition coefficient (Wildman–Crippen LogP) is 2.60. The molecular weight excluding hydrogens is 184 g/mol. The van der Waals surface area contributed by atoms with Crippen molar-refractivity contribution in [1.29, 1.82) is 0 Å². The third-order valence-electron chi connectivity index (χ3n) is 2.62. The highest BCUT2D eigenvalue weighted by atomic mass is 15.1. The summed E-state index contributed by atoms with van der Waals surface area (Å²) in [4.78, 5) is 2.60. The first-order valence-corrected chi connectivity index (χ1v) is 6.35. The van der Waals surface area contributed by atoms with E-state index in [2.05, 4.69) is 44.8 Å². The maximum absolute atomic E-state index is 3.30. The lowest BCUT2D eigenvalue weighted by molar-refractivity contribution is 0.211. The van der Waals surface area contributed by atoms with Gasteiger partial charge in [-0.05, 0) is 38.8 Å². The molecule has 0 aromatic heterocycles. The van der Waals surface area contributed by atoms with E-state index in [-0.39, 0.29) is 0 Å². The van der Waals surface area contributed by atoms with Crippen LogP contribution in [0.25, 0.3) is 0 Å². The molecule has 0 aliphatic heterocycles. The summed E-state index contributed by atoms with van der Waals surface area (Å²) in [5.74, 6) is 1.54. The Balaban J connectivity index is 3.89. The fraction of sp³-hybridized carbons (Fsp3) is 1.00. The molecule has 0 amide bonds. The molecule has 0 heterocycles. The predicted molar refractivity (Wildman–Crippen MR) is 69.3 cm³/mol. The zero-order chi connectivity index (χ0) is 11.8. The molecular formula is C13H30N2. The fourth-order valence-electron chi connectivity index (χ4n) is 1.81. The van der Waals surface area contributed by atoms with Gasteiger partial charge in [-0.25, -0.2) is 0 Å². The summed E-state index contributed by atoms with van der Waals surface area (Å²) in [5, 5.41) is 3.30. The van der Waals surface area contributed by atoms with Crippen LogP contribution < -0.4 is 5.32 Å². The van der Waals surface area contributed by atoms with Crippen LogP contribution in [0.5, 0.6) is 0 Å². The normalized spacial score (nSPS) is 14.2. The van der Waals surface area contributed by atoms with Crippen molar-refractivity contribution in [2.24, 2.45) is 11.8 Å². The highest BCUT2D eigenvalue weighted by Gasteiger charge is 2.10. The summed E-state index contributed by atoms with van der Waals surface area (Å²) in [6.45, 7) is 15.1. The van der Waals surface area contributed by atoms with Gasteiger partial charge in [-0.2, -0.15) is 0 Å². The molecule has 0 saturated carbocycles. The van der Waals surface area contributed by atoms with Crippen molar-refractivity contribution in [3.05, 3.63) is 0 Å². The monoisotopic (exact) mass is 214 g/mol. The quantitative estimate of drug-likeness (QED) is 0.668. The molecule has 0 radical (unpaired) electrons. The summed E-state index contributed by atoms with van der Waals surface area (Å²) in [6, 6.07) is 0.631. The number of nitrogens with one attached hydrogen (secondary N) is 1. The topological polar surface area (TPSA) is 15.3 Å². The van der Waals surface area contributed by atoms with Gasteiger partial charge in [0.2, 0.25) is 0 Å². The Labute approximate surface area is 96.4 Å². The van der Waals surface area contributed by atoms with Gasteiger partial charge in [-0.1, -0.05) is 27.7 Å². The Morgan fingerprint density at radius 3 is 1.73 bits per heavy atom. The number of rotatable bonds is 8. The molecule has 0 spiro atoms. The van der Waals surface area contributed by atoms with Gasteiger partial charge in [0, 0.05) is 19.1 Å². The largest absolute Gasteiger partial charge is 0.317 e. The van der Waals surface area contributed by atoms with Crippen molar-refractivity contribution in [3.8, 4) is 0 Å². The molecule has 0 aromatic carbocycles. The molecule has 1 atom stereocenters. The van der Waals surface area contributed by atoms with Crippen LogP contribution in [-0.4, -0.2) is 37.6 Å². The highest BCUT2D eigenvalue weighted by Crippen LogP contribution is 2.05. The van der Waals surface area contributed by atoms with Gasteiger partial charge in [-0.3, -0.25) is 0 Å². The van der Waals surface area contributed by atoms with E-state index in [1.807, 2.05) is 7.05 Å². The molecule has 0 bridgehead atoms. The van der Waals surface area contributed by atoms with Crippen LogP contribution in [0.1, 0.15) is 41.0 Å². The van der Waals surface area contributed by atoms with Crippen LogP contribution in [0.4, 0.5) is 0 Å². The Morgan fingerprint density at radius 2 is 1.40 bits per heavy atom. The average molecular weight is 214 g/mol. The molecule has 92 valence electrons.